The number of hydrogen-bond donors (Lipinski definition) is 0. The number of halogens is 1. The number of nitrogens with zero attached hydrogens (tertiary/aromatic N) is 3. The molecule has 0 amide bonds. The second-order valence-electron chi connectivity index (χ2n) is 4.80. The highest BCUT2D eigenvalue weighted by Crippen LogP contribution is 2.29. The van der Waals surface area contributed by atoms with Crippen molar-refractivity contribution in [3.05, 3.63) is 52.8 Å². The standard InChI is InChI=1S/C16H14ClN3O/c1-11-12(5-4-10-21)16(19(2)18-11)20-9-8-13-14(17)6-3-7-15(13)20/h3-10H,1-2H3/b5-4+. The third-order valence-electron chi connectivity index (χ3n) is 3.49. The molecule has 0 aliphatic carbocycles. The number of aldehydes is 1. The molecule has 0 fully saturated rings. The SMILES string of the molecule is Cc1nn(C)c(-n2ccc3c(Cl)cccc32)c1/C=C/C=O. The van der Waals surface area contributed by atoms with Gasteiger partial charge in [0.15, 0.2) is 0 Å². The van der Waals surface area contributed by atoms with E-state index in [0.717, 1.165) is 39.3 Å². The van der Waals surface area contributed by atoms with E-state index in [-0.39, 0.29) is 0 Å². The third kappa shape index (κ3) is 2.17. The summed E-state index contributed by atoms with van der Waals surface area (Å²) in [6.07, 6.45) is 5.99. The van der Waals surface area contributed by atoms with Gasteiger partial charge in [0, 0.05) is 29.2 Å². The molecular formula is C16H14ClN3O. The quantitative estimate of drug-likeness (QED) is 0.548. The summed E-state index contributed by atoms with van der Waals surface area (Å²) in [5.74, 6) is 0.905. The molecule has 0 aliphatic heterocycles. The normalized spacial score (nSPS) is 11.6. The van der Waals surface area contributed by atoms with E-state index in [9.17, 15) is 4.79 Å². The van der Waals surface area contributed by atoms with Gasteiger partial charge < -0.3 is 4.57 Å². The van der Waals surface area contributed by atoms with Crippen molar-refractivity contribution in [3.63, 3.8) is 0 Å². The largest absolute Gasteiger partial charge is 0.301 e. The Kier molecular flexibility index (Phi) is 3.39. The summed E-state index contributed by atoms with van der Waals surface area (Å²) in [7, 11) is 1.89. The maximum atomic E-state index is 10.6. The predicted octanol–water partition coefficient (Wildman–Crippen LogP) is 3.54. The van der Waals surface area contributed by atoms with E-state index >= 15 is 0 Å². The topological polar surface area (TPSA) is 39.8 Å². The highest BCUT2D eigenvalue weighted by Gasteiger charge is 2.15. The van der Waals surface area contributed by atoms with E-state index in [1.165, 1.54) is 6.08 Å². The lowest BCUT2D eigenvalue weighted by Crippen LogP contribution is -2.02. The fourth-order valence-corrected chi connectivity index (χ4v) is 2.83. The molecule has 106 valence electrons. The molecule has 1 aromatic carbocycles. The molecule has 0 saturated carbocycles. The number of allylic oxidation sites excluding steroid dienone is 1. The van der Waals surface area contributed by atoms with Gasteiger partial charge in [0.2, 0.25) is 0 Å². The monoisotopic (exact) mass is 299 g/mol. The molecule has 0 N–H and O–H groups in total. The first kappa shape index (κ1) is 13.6. The highest BCUT2D eigenvalue weighted by molar-refractivity contribution is 6.35. The Labute approximate surface area is 127 Å². The van der Waals surface area contributed by atoms with E-state index in [0.29, 0.717) is 0 Å². The molecule has 0 saturated heterocycles. The maximum Gasteiger partial charge on any atom is 0.142 e. The van der Waals surface area contributed by atoms with E-state index < -0.39 is 0 Å². The summed E-state index contributed by atoms with van der Waals surface area (Å²) in [4.78, 5) is 10.6. The molecule has 0 unspecified atom stereocenters. The van der Waals surface area contributed by atoms with Crippen LogP contribution in [0.4, 0.5) is 0 Å². The van der Waals surface area contributed by atoms with Gasteiger partial charge in [-0.3, -0.25) is 9.48 Å². The Morgan fingerprint density at radius 2 is 2.10 bits per heavy atom. The van der Waals surface area contributed by atoms with E-state index in [1.54, 1.807) is 10.8 Å². The Bertz CT molecular complexity index is 858. The summed E-state index contributed by atoms with van der Waals surface area (Å²) in [5.41, 5.74) is 2.79. The second-order valence-corrected chi connectivity index (χ2v) is 5.21. The van der Waals surface area contributed by atoms with Gasteiger partial charge >= 0.3 is 0 Å². The van der Waals surface area contributed by atoms with Gasteiger partial charge in [-0.05, 0) is 37.3 Å². The van der Waals surface area contributed by atoms with Crippen LogP contribution in [0.1, 0.15) is 11.3 Å². The van der Waals surface area contributed by atoms with Crippen molar-refractivity contribution in [1.82, 2.24) is 14.3 Å². The van der Waals surface area contributed by atoms with Crippen molar-refractivity contribution in [2.75, 3.05) is 0 Å². The highest BCUT2D eigenvalue weighted by atomic mass is 35.5. The van der Waals surface area contributed by atoms with E-state index in [1.807, 2.05) is 49.0 Å². The third-order valence-corrected chi connectivity index (χ3v) is 3.82. The van der Waals surface area contributed by atoms with Crippen molar-refractivity contribution in [2.45, 2.75) is 6.92 Å². The molecular weight excluding hydrogens is 286 g/mol. The van der Waals surface area contributed by atoms with E-state index in [4.69, 9.17) is 11.6 Å². The van der Waals surface area contributed by atoms with Crippen LogP contribution in [0.3, 0.4) is 0 Å². The Balaban J connectivity index is 2.30. The van der Waals surface area contributed by atoms with Crippen LogP contribution in [-0.2, 0) is 11.8 Å². The molecule has 3 aromatic rings. The lowest BCUT2D eigenvalue weighted by atomic mass is 10.2. The maximum absolute atomic E-state index is 10.6. The van der Waals surface area contributed by atoms with E-state index in [2.05, 4.69) is 5.10 Å². The van der Waals surface area contributed by atoms with Crippen LogP contribution in [0.2, 0.25) is 5.02 Å². The van der Waals surface area contributed by atoms with Crippen LogP contribution in [0.15, 0.2) is 36.5 Å². The number of rotatable bonds is 3. The second kappa shape index (κ2) is 5.22. The summed E-state index contributed by atoms with van der Waals surface area (Å²) < 4.78 is 3.84. The van der Waals surface area contributed by atoms with Gasteiger partial charge in [-0.25, -0.2) is 0 Å². The van der Waals surface area contributed by atoms with Crippen LogP contribution in [0, 0.1) is 6.92 Å². The van der Waals surface area contributed by atoms with Crippen molar-refractivity contribution < 1.29 is 4.79 Å². The van der Waals surface area contributed by atoms with Gasteiger partial charge in [0.1, 0.15) is 12.1 Å². The van der Waals surface area contributed by atoms with Gasteiger partial charge in [0.25, 0.3) is 0 Å². The first-order valence-electron chi connectivity index (χ1n) is 6.55. The average molecular weight is 300 g/mol. The number of aryl methyl sites for hydroxylation is 2. The number of hydrogen-bond acceptors (Lipinski definition) is 2. The first-order valence-corrected chi connectivity index (χ1v) is 6.92. The number of benzene rings is 1. The summed E-state index contributed by atoms with van der Waals surface area (Å²) in [6.45, 7) is 1.92. The van der Waals surface area contributed by atoms with Gasteiger partial charge in [-0.15, -0.1) is 0 Å². The van der Waals surface area contributed by atoms with Crippen molar-refractivity contribution >= 4 is 34.9 Å². The molecule has 21 heavy (non-hydrogen) atoms. The number of carbonyl (C=O) groups excluding carboxylic acids is 1. The van der Waals surface area contributed by atoms with Crippen molar-refractivity contribution in [2.24, 2.45) is 7.05 Å². The van der Waals surface area contributed by atoms with Crippen LogP contribution in [-0.4, -0.2) is 20.6 Å². The molecule has 2 heterocycles. The van der Waals surface area contributed by atoms with Crippen LogP contribution in [0.25, 0.3) is 22.8 Å². The first-order chi connectivity index (χ1) is 10.1. The summed E-state index contributed by atoms with van der Waals surface area (Å²) in [6, 6.07) is 7.78. The fraction of sp³-hybridized carbons (Fsp3) is 0.125. The smallest absolute Gasteiger partial charge is 0.142 e. The minimum Gasteiger partial charge on any atom is -0.301 e. The zero-order valence-corrected chi connectivity index (χ0v) is 12.5. The zero-order chi connectivity index (χ0) is 15.0. The molecule has 3 rings (SSSR count). The molecule has 0 bridgehead atoms. The minimum absolute atomic E-state index is 0.718. The van der Waals surface area contributed by atoms with Gasteiger partial charge in [-0.2, -0.15) is 5.10 Å². The van der Waals surface area contributed by atoms with Crippen LogP contribution < -0.4 is 0 Å². The van der Waals surface area contributed by atoms with Gasteiger partial charge in [-0.1, -0.05) is 17.7 Å². The Hall–Kier alpha value is -2.33. The predicted molar refractivity (Wildman–Crippen MR) is 84.9 cm³/mol. The fourth-order valence-electron chi connectivity index (χ4n) is 2.59. The number of carbonyl (C=O) groups is 1. The Morgan fingerprint density at radius 3 is 2.86 bits per heavy atom. The van der Waals surface area contributed by atoms with Crippen molar-refractivity contribution in [3.8, 4) is 5.82 Å². The molecule has 0 radical (unpaired) electrons. The summed E-state index contributed by atoms with van der Waals surface area (Å²) >= 11 is 6.23. The lowest BCUT2D eigenvalue weighted by molar-refractivity contribution is -0.104. The van der Waals surface area contributed by atoms with Crippen molar-refractivity contribution in [1.29, 1.82) is 0 Å². The number of fused-ring (bicyclic) bond motifs is 1. The molecule has 5 heteroatoms. The molecule has 0 atom stereocenters. The van der Waals surface area contributed by atoms with Gasteiger partial charge in [0.05, 0.1) is 11.2 Å². The minimum atomic E-state index is 0.718. The number of aromatic nitrogens is 3. The lowest BCUT2D eigenvalue weighted by Gasteiger charge is -2.08. The molecule has 2 aromatic heterocycles. The van der Waals surface area contributed by atoms with Crippen LogP contribution >= 0.6 is 11.6 Å². The average Bonchev–Trinajstić information content (AvgIpc) is 2.98. The zero-order valence-electron chi connectivity index (χ0n) is 11.7. The molecule has 4 nitrogen and oxygen atoms in total. The van der Waals surface area contributed by atoms with Crippen LogP contribution in [0.5, 0.6) is 0 Å². The molecule has 0 aliphatic rings. The molecule has 0 spiro atoms. The Morgan fingerprint density at radius 1 is 1.29 bits per heavy atom. The summed E-state index contributed by atoms with van der Waals surface area (Å²) in [5, 5.41) is 6.15.